The first kappa shape index (κ1) is 16.0. The van der Waals surface area contributed by atoms with Crippen molar-refractivity contribution in [1.29, 1.82) is 0 Å². The third kappa shape index (κ3) is 4.53. The van der Waals surface area contributed by atoms with Crippen molar-refractivity contribution in [2.75, 3.05) is 19.3 Å². The van der Waals surface area contributed by atoms with E-state index in [2.05, 4.69) is 10.4 Å². The van der Waals surface area contributed by atoms with E-state index in [1.54, 1.807) is 10.9 Å². The van der Waals surface area contributed by atoms with Gasteiger partial charge in [0.15, 0.2) is 0 Å². The number of piperidine rings is 1. The highest BCUT2D eigenvalue weighted by Gasteiger charge is 2.30. The molecule has 118 valence electrons. The molecule has 0 bridgehead atoms. The van der Waals surface area contributed by atoms with Crippen molar-refractivity contribution in [1.82, 2.24) is 19.4 Å². The number of carbonyl (C=O) groups is 1. The molecule has 8 heteroatoms. The van der Waals surface area contributed by atoms with Gasteiger partial charge in [-0.2, -0.15) is 5.10 Å². The minimum absolute atomic E-state index is 0.0500. The highest BCUT2D eigenvalue weighted by atomic mass is 32.2. The zero-order chi connectivity index (χ0) is 15.5. The maximum atomic E-state index is 12.2. The molecular weight excluding hydrogens is 292 g/mol. The van der Waals surface area contributed by atoms with Crippen LogP contribution in [-0.4, -0.2) is 53.8 Å². The van der Waals surface area contributed by atoms with Gasteiger partial charge in [-0.3, -0.25) is 9.48 Å². The Morgan fingerprint density at radius 2 is 2.29 bits per heavy atom. The summed E-state index contributed by atoms with van der Waals surface area (Å²) in [5, 5.41) is 7.04. The van der Waals surface area contributed by atoms with Crippen LogP contribution in [0.5, 0.6) is 0 Å². The molecule has 1 amide bonds. The third-order valence-corrected chi connectivity index (χ3v) is 4.90. The Morgan fingerprint density at radius 3 is 2.90 bits per heavy atom. The average Bonchev–Trinajstić information content (AvgIpc) is 2.90. The fourth-order valence-electron chi connectivity index (χ4n) is 2.55. The lowest BCUT2D eigenvalue weighted by molar-refractivity contribution is -0.126. The van der Waals surface area contributed by atoms with E-state index in [1.165, 1.54) is 10.6 Å². The first-order valence-corrected chi connectivity index (χ1v) is 8.94. The van der Waals surface area contributed by atoms with E-state index >= 15 is 0 Å². The fourth-order valence-corrected chi connectivity index (χ4v) is 3.46. The molecule has 1 saturated heterocycles. The van der Waals surface area contributed by atoms with Gasteiger partial charge in [0.2, 0.25) is 15.9 Å². The fraction of sp³-hybridized carbons (Fsp3) is 0.692. The summed E-state index contributed by atoms with van der Waals surface area (Å²) >= 11 is 0. The Kier molecular flexibility index (Phi) is 5.00. The van der Waals surface area contributed by atoms with Gasteiger partial charge in [0.1, 0.15) is 0 Å². The van der Waals surface area contributed by atoms with Gasteiger partial charge >= 0.3 is 0 Å². The molecular formula is C13H22N4O3S. The van der Waals surface area contributed by atoms with Gasteiger partial charge < -0.3 is 5.32 Å². The molecule has 2 atom stereocenters. The van der Waals surface area contributed by atoms with Gasteiger partial charge in [-0.1, -0.05) is 0 Å². The first-order chi connectivity index (χ1) is 9.86. The van der Waals surface area contributed by atoms with Crippen LogP contribution in [0.2, 0.25) is 0 Å². The van der Waals surface area contributed by atoms with E-state index in [-0.39, 0.29) is 24.4 Å². The van der Waals surface area contributed by atoms with Crippen LogP contribution in [0, 0.1) is 5.92 Å². The topological polar surface area (TPSA) is 84.3 Å². The monoisotopic (exact) mass is 314 g/mol. The third-order valence-electron chi connectivity index (χ3n) is 3.63. The summed E-state index contributed by atoms with van der Waals surface area (Å²) in [6.07, 6.45) is 6.17. The van der Waals surface area contributed by atoms with Crippen molar-refractivity contribution >= 4 is 15.9 Å². The second-order valence-electron chi connectivity index (χ2n) is 5.60. The van der Waals surface area contributed by atoms with Gasteiger partial charge in [-0.15, -0.1) is 0 Å². The molecule has 0 aliphatic carbocycles. The zero-order valence-corrected chi connectivity index (χ0v) is 13.2. The predicted octanol–water partition coefficient (Wildman–Crippen LogP) is 0.0594. The number of hydrogen-bond donors (Lipinski definition) is 1. The van der Waals surface area contributed by atoms with E-state index in [0.717, 1.165) is 12.8 Å². The molecule has 7 nitrogen and oxygen atoms in total. The Labute approximate surface area is 125 Å². The van der Waals surface area contributed by atoms with Crippen molar-refractivity contribution in [2.24, 2.45) is 5.92 Å². The van der Waals surface area contributed by atoms with E-state index in [9.17, 15) is 13.2 Å². The van der Waals surface area contributed by atoms with Crippen LogP contribution in [0.4, 0.5) is 0 Å². The molecule has 0 saturated carbocycles. The summed E-state index contributed by atoms with van der Waals surface area (Å²) in [5.41, 5.74) is 0. The molecule has 1 aliphatic rings. The summed E-state index contributed by atoms with van der Waals surface area (Å²) in [6, 6.07) is 1.78. The molecule has 2 heterocycles. The van der Waals surface area contributed by atoms with Crippen LogP contribution in [0.15, 0.2) is 18.5 Å². The molecule has 1 N–H and O–H groups in total. The summed E-state index contributed by atoms with van der Waals surface area (Å²) in [6.45, 7) is 3.29. The van der Waals surface area contributed by atoms with Gasteiger partial charge in [0.05, 0.1) is 18.7 Å². The second-order valence-corrected chi connectivity index (χ2v) is 7.58. The highest BCUT2D eigenvalue weighted by molar-refractivity contribution is 7.88. The van der Waals surface area contributed by atoms with Gasteiger partial charge in [0, 0.05) is 31.5 Å². The van der Waals surface area contributed by atoms with Crippen molar-refractivity contribution in [3.05, 3.63) is 18.5 Å². The lowest BCUT2D eigenvalue weighted by atomic mass is 9.98. The van der Waals surface area contributed by atoms with Crippen LogP contribution in [-0.2, 0) is 21.4 Å². The number of hydrogen-bond acceptors (Lipinski definition) is 4. The predicted molar refractivity (Wildman–Crippen MR) is 79.0 cm³/mol. The Balaban J connectivity index is 1.87. The molecule has 2 rings (SSSR count). The van der Waals surface area contributed by atoms with Crippen LogP contribution < -0.4 is 5.32 Å². The molecule has 0 aromatic carbocycles. The van der Waals surface area contributed by atoms with E-state index < -0.39 is 10.0 Å². The largest absolute Gasteiger partial charge is 0.352 e. The maximum absolute atomic E-state index is 12.2. The molecule has 0 unspecified atom stereocenters. The van der Waals surface area contributed by atoms with Crippen LogP contribution >= 0.6 is 0 Å². The first-order valence-electron chi connectivity index (χ1n) is 7.09. The number of sulfonamides is 1. The Bertz CT molecular complexity index is 570. The Morgan fingerprint density at radius 1 is 1.52 bits per heavy atom. The van der Waals surface area contributed by atoms with Gasteiger partial charge in [0.25, 0.3) is 0 Å². The normalized spacial score (nSPS) is 21.9. The van der Waals surface area contributed by atoms with Gasteiger partial charge in [-0.25, -0.2) is 12.7 Å². The molecule has 1 aromatic rings. The zero-order valence-electron chi connectivity index (χ0n) is 12.4. The second kappa shape index (κ2) is 6.57. The smallest absolute Gasteiger partial charge is 0.224 e. The van der Waals surface area contributed by atoms with Crippen molar-refractivity contribution in [3.63, 3.8) is 0 Å². The van der Waals surface area contributed by atoms with Crippen LogP contribution in [0.25, 0.3) is 0 Å². The quantitative estimate of drug-likeness (QED) is 0.833. The van der Waals surface area contributed by atoms with Crippen molar-refractivity contribution in [2.45, 2.75) is 32.4 Å². The summed E-state index contributed by atoms with van der Waals surface area (Å²) in [7, 11) is -3.22. The minimum atomic E-state index is -3.22. The number of nitrogens with one attached hydrogen (secondary N) is 1. The molecule has 1 aromatic heterocycles. The van der Waals surface area contributed by atoms with Gasteiger partial charge in [-0.05, 0) is 25.8 Å². The Hall–Kier alpha value is -1.41. The van der Waals surface area contributed by atoms with E-state index in [1.807, 2.05) is 19.2 Å². The number of amides is 1. The van der Waals surface area contributed by atoms with Crippen LogP contribution in [0.1, 0.15) is 19.8 Å². The van der Waals surface area contributed by atoms with Crippen LogP contribution in [0.3, 0.4) is 0 Å². The summed E-state index contributed by atoms with van der Waals surface area (Å²) in [4.78, 5) is 12.2. The molecule has 0 spiro atoms. The minimum Gasteiger partial charge on any atom is -0.352 e. The maximum Gasteiger partial charge on any atom is 0.224 e. The lowest BCUT2D eigenvalue weighted by Gasteiger charge is -2.30. The lowest BCUT2D eigenvalue weighted by Crippen LogP contribution is -2.47. The standard InChI is InChI=1S/C13H22N4O3S/c1-11(9-16-7-4-6-14-16)15-13(18)12-5-3-8-17(10-12)21(2,19)20/h4,6-7,11-12H,3,5,8-10H2,1-2H3,(H,15,18)/t11-,12+/m0/s1. The number of aromatic nitrogens is 2. The highest BCUT2D eigenvalue weighted by Crippen LogP contribution is 2.18. The molecule has 1 fully saturated rings. The SMILES string of the molecule is C[C@@H](Cn1cccn1)NC(=O)[C@@H]1CCCN(S(C)(=O)=O)C1. The number of nitrogens with zero attached hydrogens (tertiary/aromatic N) is 3. The summed E-state index contributed by atoms with van der Waals surface area (Å²) < 4.78 is 26.3. The average molecular weight is 314 g/mol. The molecule has 0 radical (unpaired) electrons. The molecule has 1 aliphatic heterocycles. The van der Waals surface area contributed by atoms with E-state index in [4.69, 9.17) is 0 Å². The van der Waals surface area contributed by atoms with E-state index in [0.29, 0.717) is 13.1 Å². The molecule has 21 heavy (non-hydrogen) atoms. The number of rotatable bonds is 5. The summed E-state index contributed by atoms with van der Waals surface area (Å²) in [5.74, 6) is -0.350. The van der Waals surface area contributed by atoms with Crippen molar-refractivity contribution < 1.29 is 13.2 Å². The van der Waals surface area contributed by atoms with Crippen molar-refractivity contribution in [3.8, 4) is 0 Å². The number of carbonyl (C=O) groups excluding carboxylic acids is 1.